The third-order valence-electron chi connectivity index (χ3n) is 8.54. The van der Waals surface area contributed by atoms with Crippen LogP contribution in [0.25, 0.3) is 0 Å². The zero-order valence-corrected chi connectivity index (χ0v) is 16.4. The topological polar surface area (TPSA) is 54.4 Å². The standard InChI is InChI=1S/C23H32O3/c1-4-14-11-19-17-6-5-15-12-16(25)7-9-22(15,2)18(17)8-10-23(19,3)21(14)20(26)13-24/h8,12,14,17,19,21,24H,4-7,9-11,13H2,1-3H3/t14?,17?,19?,21-,22+,23+/m1/s1. The Balaban J connectivity index is 1.74. The third-order valence-corrected chi connectivity index (χ3v) is 8.54. The molecule has 26 heavy (non-hydrogen) atoms. The molecule has 2 saturated carbocycles. The van der Waals surface area contributed by atoms with Crippen molar-refractivity contribution in [3.8, 4) is 0 Å². The normalized spacial score (nSPS) is 44.5. The number of aliphatic hydroxyl groups is 1. The molecule has 4 rings (SSSR count). The van der Waals surface area contributed by atoms with Crippen LogP contribution in [0.15, 0.2) is 23.3 Å². The molecule has 0 aromatic carbocycles. The first-order chi connectivity index (χ1) is 12.3. The zero-order valence-electron chi connectivity index (χ0n) is 16.4. The van der Waals surface area contributed by atoms with E-state index in [0.717, 1.165) is 38.5 Å². The molecule has 0 amide bonds. The summed E-state index contributed by atoms with van der Waals surface area (Å²) in [5.41, 5.74) is 2.93. The summed E-state index contributed by atoms with van der Waals surface area (Å²) in [5, 5.41) is 9.56. The summed E-state index contributed by atoms with van der Waals surface area (Å²) >= 11 is 0. The van der Waals surface area contributed by atoms with E-state index in [1.807, 2.05) is 6.08 Å². The summed E-state index contributed by atoms with van der Waals surface area (Å²) in [4.78, 5) is 24.5. The predicted octanol–water partition coefficient (Wildman–Crippen LogP) is 4.25. The third kappa shape index (κ3) is 2.35. The quantitative estimate of drug-likeness (QED) is 0.769. The van der Waals surface area contributed by atoms with Gasteiger partial charge in [-0.2, -0.15) is 0 Å². The first kappa shape index (κ1) is 18.2. The van der Waals surface area contributed by atoms with Crippen LogP contribution in [-0.2, 0) is 9.59 Å². The molecule has 4 aliphatic rings. The van der Waals surface area contributed by atoms with E-state index in [1.54, 1.807) is 5.57 Å². The van der Waals surface area contributed by atoms with Gasteiger partial charge in [0.1, 0.15) is 6.61 Å². The maximum atomic E-state index is 12.6. The second kappa shape index (κ2) is 6.15. The van der Waals surface area contributed by atoms with Crippen LogP contribution in [-0.4, -0.2) is 23.3 Å². The number of ketones is 2. The number of aliphatic hydroxyl groups excluding tert-OH is 1. The molecule has 0 spiro atoms. The number of rotatable bonds is 3. The highest BCUT2D eigenvalue weighted by Gasteiger charge is 2.59. The van der Waals surface area contributed by atoms with Crippen molar-refractivity contribution < 1.29 is 14.7 Å². The van der Waals surface area contributed by atoms with Gasteiger partial charge in [0.15, 0.2) is 11.6 Å². The Morgan fingerprint density at radius 1 is 1.31 bits per heavy atom. The molecule has 0 aliphatic heterocycles. The average molecular weight is 357 g/mol. The van der Waals surface area contributed by atoms with Crippen molar-refractivity contribution in [2.45, 2.75) is 65.7 Å². The molecular formula is C23H32O3. The van der Waals surface area contributed by atoms with E-state index in [2.05, 4.69) is 26.8 Å². The average Bonchev–Trinajstić information content (AvgIpc) is 2.94. The van der Waals surface area contributed by atoms with Crippen molar-refractivity contribution in [3.63, 3.8) is 0 Å². The lowest BCUT2D eigenvalue weighted by atomic mass is 9.51. The summed E-state index contributed by atoms with van der Waals surface area (Å²) in [7, 11) is 0. The smallest absolute Gasteiger partial charge is 0.162 e. The van der Waals surface area contributed by atoms with E-state index in [9.17, 15) is 14.7 Å². The second-order valence-electron chi connectivity index (χ2n) is 9.60. The molecule has 4 aliphatic carbocycles. The number of carbonyl (C=O) groups excluding carboxylic acids is 2. The largest absolute Gasteiger partial charge is 0.389 e. The highest BCUT2D eigenvalue weighted by atomic mass is 16.3. The summed E-state index contributed by atoms with van der Waals surface area (Å²) in [6.07, 6.45) is 11.2. The van der Waals surface area contributed by atoms with Gasteiger partial charge >= 0.3 is 0 Å². The lowest BCUT2D eigenvalue weighted by Gasteiger charge is -2.53. The molecule has 1 N–H and O–H groups in total. The Labute approximate surface area is 156 Å². The van der Waals surface area contributed by atoms with Crippen LogP contribution >= 0.6 is 0 Å². The first-order valence-corrected chi connectivity index (χ1v) is 10.4. The minimum Gasteiger partial charge on any atom is -0.389 e. The van der Waals surface area contributed by atoms with E-state index >= 15 is 0 Å². The molecule has 0 bridgehead atoms. The van der Waals surface area contributed by atoms with Gasteiger partial charge in [-0.05, 0) is 61.3 Å². The van der Waals surface area contributed by atoms with Crippen LogP contribution in [0.4, 0.5) is 0 Å². The number of carbonyl (C=O) groups is 2. The number of fused-ring (bicyclic) bond motifs is 5. The van der Waals surface area contributed by atoms with Crippen LogP contribution in [0.3, 0.4) is 0 Å². The molecule has 0 aromatic heterocycles. The fourth-order valence-electron chi connectivity index (χ4n) is 7.17. The van der Waals surface area contributed by atoms with Crippen molar-refractivity contribution >= 4 is 11.6 Å². The molecule has 0 heterocycles. The molecule has 0 saturated heterocycles. The molecule has 3 unspecified atom stereocenters. The summed E-state index contributed by atoms with van der Waals surface area (Å²) < 4.78 is 0. The minimum atomic E-state index is -0.322. The number of allylic oxidation sites excluding steroid dienone is 4. The fraction of sp³-hybridized carbons (Fsp3) is 0.739. The van der Waals surface area contributed by atoms with Crippen LogP contribution < -0.4 is 0 Å². The van der Waals surface area contributed by atoms with E-state index in [4.69, 9.17) is 0 Å². The molecule has 2 fully saturated rings. The molecule has 142 valence electrons. The van der Waals surface area contributed by atoms with E-state index < -0.39 is 0 Å². The Hall–Kier alpha value is -1.22. The van der Waals surface area contributed by atoms with Gasteiger partial charge < -0.3 is 5.11 Å². The van der Waals surface area contributed by atoms with Gasteiger partial charge in [0, 0.05) is 17.8 Å². The summed E-state index contributed by atoms with van der Waals surface area (Å²) in [6, 6.07) is 0. The van der Waals surface area contributed by atoms with Gasteiger partial charge in [0.2, 0.25) is 0 Å². The SMILES string of the molecule is CCC1CC2C3CCC4=CC(=O)CC[C@]4(C)C3=CC[C@]2(C)[C@H]1C(=O)CO. The van der Waals surface area contributed by atoms with Gasteiger partial charge in [-0.15, -0.1) is 0 Å². The lowest BCUT2D eigenvalue weighted by Crippen LogP contribution is -2.46. The molecular weight excluding hydrogens is 324 g/mol. The highest BCUT2D eigenvalue weighted by Crippen LogP contribution is 2.66. The van der Waals surface area contributed by atoms with Crippen molar-refractivity contribution in [3.05, 3.63) is 23.3 Å². The van der Waals surface area contributed by atoms with Crippen molar-refractivity contribution in [1.82, 2.24) is 0 Å². The summed E-state index contributed by atoms with van der Waals surface area (Å²) in [6.45, 7) is 6.51. The first-order valence-electron chi connectivity index (χ1n) is 10.4. The van der Waals surface area contributed by atoms with Gasteiger partial charge in [-0.3, -0.25) is 9.59 Å². The molecule has 3 heteroatoms. The maximum absolute atomic E-state index is 12.6. The Bertz CT molecular complexity index is 702. The van der Waals surface area contributed by atoms with Crippen molar-refractivity contribution in [1.29, 1.82) is 0 Å². The van der Waals surface area contributed by atoms with E-state index in [1.165, 1.54) is 5.57 Å². The van der Waals surface area contributed by atoms with Gasteiger partial charge in [-0.25, -0.2) is 0 Å². The lowest BCUT2D eigenvalue weighted by molar-refractivity contribution is -0.131. The Kier molecular flexibility index (Phi) is 4.30. The second-order valence-corrected chi connectivity index (χ2v) is 9.60. The number of Topliss-reactive ketones (excluding diaryl/α,β-unsaturated/α-hetero) is 1. The highest BCUT2D eigenvalue weighted by molar-refractivity contribution is 5.92. The summed E-state index contributed by atoms with van der Waals surface area (Å²) in [5.74, 6) is 1.80. The number of hydrogen-bond acceptors (Lipinski definition) is 3. The molecule has 3 nitrogen and oxygen atoms in total. The maximum Gasteiger partial charge on any atom is 0.162 e. The predicted molar refractivity (Wildman–Crippen MR) is 101 cm³/mol. The van der Waals surface area contributed by atoms with E-state index in [0.29, 0.717) is 24.2 Å². The molecule has 0 radical (unpaired) electrons. The van der Waals surface area contributed by atoms with Crippen LogP contribution in [0.2, 0.25) is 0 Å². The number of hydrogen-bond donors (Lipinski definition) is 1. The Morgan fingerprint density at radius 2 is 2.08 bits per heavy atom. The van der Waals surface area contributed by atoms with Crippen LogP contribution in [0, 0.1) is 34.5 Å². The zero-order chi connectivity index (χ0) is 18.7. The van der Waals surface area contributed by atoms with Crippen molar-refractivity contribution in [2.24, 2.45) is 34.5 Å². The van der Waals surface area contributed by atoms with Crippen LogP contribution in [0.5, 0.6) is 0 Å². The minimum absolute atomic E-state index is 0.00187. The molecule has 6 atom stereocenters. The van der Waals surface area contributed by atoms with E-state index in [-0.39, 0.29) is 34.9 Å². The Morgan fingerprint density at radius 3 is 2.77 bits per heavy atom. The monoisotopic (exact) mass is 356 g/mol. The van der Waals surface area contributed by atoms with Gasteiger partial charge in [-0.1, -0.05) is 44.4 Å². The van der Waals surface area contributed by atoms with Crippen LogP contribution in [0.1, 0.15) is 65.7 Å². The van der Waals surface area contributed by atoms with Gasteiger partial charge in [0.25, 0.3) is 0 Å². The van der Waals surface area contributed by atoms with Gasteiger partial charge in [0.05, 0.1) is 0 Å². The molecule has 0 aromatic rings. The fourth-order valence-corrected chi connectivity index (χ4v) is 7.17. The van der Waals surface area contributed by atoms with Crippen molar-refractivity contribution in [2.75, 3.05) is 6.61 Å².